The zero-order valence-corrected chi connectivity index (χ0v) is 5.61. The van der Waals surface area contributed by atoms with Gasteiger partial charge in [0.1, 0.15) is 5.71 Å². The fourth-order valence-corrected chi connectivity index (χ4v) is 0.676. The van der Waals surface area contributed by atoms with E-state index in [-0.39, 0.29) is 12.1 Å². The van der Waals surface area contributed by atoms with Crippen molar-refractivity contribution in [1.82, 2.24) is 0 Å². The molecule has 6 nitrogen and oxygen atoms in total. The average molecular weight is 157 g/mol. The highest BCUT2D eigenvalue weighted by Gasteiger charge is 2.28. The Hall–Kier alpha value is -1.59. The first-order valence-electron chi connectivity index (χ1n) is 2.93. The lowest BCUT2D eigenvalue weighted by atomic mass is 10.2. The number of carbonyl (C=O) groups is 2. The van der Waals surface area contributed by atoms with Crippen LogP contribution >= 0.6 is 0 Å². The summed E-state index contributed by atoms with van der Waals surface area (Å²) in [6, 6.07) is 0. The van der Waals surface area contributed by atoms with Crippen LogP contribution in [0.15, 0.2) is 5.16 Å². The van der Waals surface area contributed by atoms with Crippen molar-refractivity contribution in [2.45, 2.75) is 12.5 Å². The van der Waals surface area contributed by atoms with Gasteiger partial charge in [0.25, 0.3) is 11.8 Å². The van der Waals surface area contributed by atoms with Gasteiger partial charge >= 0.3 is 0 Å². The Morgan fingerprint density at radius 2 is 2.18 bits per heavy atom. The number of hydrogen-bond donors (Lipinski definition) is 2. The van der Waals surface area contributed by atoms with E-state index in [4.69, 9.17) is 11.5 Å². The molecule has 0 saturated heterocycles. The molecule has 1 aliphatic rings. The highest BCUT2D eigenvalue weighted by Crippen LogP contribution is 2.08. The third kappa shape index (κ3) is 1.46. The van der Waals surface area contributed by atoms with Crippen LogP contribution in [0.5, 0.6) is 0 Å². The number of oxime groups is 1. The van der Waals surface area contributed by atoms with E-state index < -0.39 is 17.9 Å². The molecule has 1 heterocycles. The summed E-state index contributed by atoms with van der Waals surface area (Å²) in [7, 11) is 0. The molecule has 1 atom stereocenters. The van der Waals surface area contributed by atoms with Crippen LogP contribution in [0.25, 0.3) is 0 Å². The number of nitrogens with zero attached hydrogens (tertiary/aromatic N) is 1. The van der Waals surface area contributed by atoms with Crippen molar-refractivity contribution in [3.05, 3.63) is 0 Å². The lowest BCUT2D eigenvalue weighted by Crippen LogP contribution is -2.30. The second kappa shape index (κ2) is 2.57. The van der Waals surface area contributed by atoms with E-state index in [0.717, 1.165) is 0 Å². The molecule has 11 heavy (non-hydrogen) atoms. The van der Waals surface area contributed by atoms with Gasteiger partial charge in [-0.05, 0) is 0 Å². The van der Waals surface area contributed by atoms with Crippen LogP contribution in [-0.2, 0) is 14.4 Å². The van der Waals surface area contributed by atoms with Crippen LogP contribution in [0.4, 0.5) is 0 Å². The Bertz CT molecular complexity index is 235. The second-order valence-corrected chi connectivity index (χ2v) is 2.10. The third-order valence-electron chi connectivity index (χ3n) is 1.27. The number of nitrogens with two attached hydrogens (primary N) is 2. The molecule has 0 spiro atoms. The van der Waals surface area contributed by atoms with E-state index in [0.29, 0.717) is 0 Å². The number of primary amides is 2. The quantitative estimate of drug-likeness (QED) is 0.488. The molecule has 1 rings (SSSR count). The molecular formula is C5H7N3O3. The third-order valence-corrected chi connectivity index (χ3v) is 1.27. The van der Waals surface area contributed by atoms with Crippen LogP contribution in [0.3, 0.4) is 0 Å². The second-order valence-electron chi connectivity index (χ2n) is 2.10. The van der Waals surface area contributed by atoms with Crippen LogP contribution in [0, 0.1) is 0 Å². The van der Waals surface area contributed by atoms with Crippen molar-refractivity contribution in [2.75, 3.05) is 0 Å². The summed E-state index contributed by atoms with van der Waals surface area (Å²) < 4.78 is 0. The topological polar surface area (TPSA) is 108 Å². The van der Waals surface area contributed by atoms with Crippen LogP contribution < -0.4 is 11.5 Å². The Morgan fingerprint density at radius 3 is 2.45 bits per heavy atom. The summed E-state index contributed by atoms with van der Waals surface area (Å²) >= 11 is 0. The minimum absolute atomic E-state index is 0.0498. The first-order chi connectivity index (χ1) is 5.11. The molecule has 0 aliphatic carbocycles. The van der Waals surface area contributed by atoms with E-state index in [1.807, 2.05) is 0 Å². The molecule has 0 aromatic heterocycles. The predicted molar refractivity (Wildman–Crippen MR) is 35.3 cm³/mol. The van der Waals surface area contributed by atoms with E-state index in [2.05, 4.69) is 9.99 Å². The lowest BCUT2D eigenvalue weighted by molar-refractivity contribution is -0.127. The molecule has 1 unspecified atom stereocenters. The van der Waals surface area contributed by atoms with Crippen molar-refractivity contribution >= 4 is 17.5 Å². The van der Waals surface area contributed by atoms with Crippen molar-refractivity contribution in [1.29, 1.82) is 0 Å². The Labute approximate surface area is 62.2 Å². The van der Waals surface area contributed by atoms with Crippen LogP contribution in [-0.4, -0.2) is 23.6 Å². The molecule has 0 saturated carbocycles. The summed E-state index contributed by atoms with van der Waals surface area (Å²) in [6.45, 7) is 0. The Balaban J connectivity index is 2.56. The van der Waals surface area contributed by atoms with Gasteiger partial charge in [0.2, 0.25) is 6.10 Å². The normalized spacial score (nSPS) is 22.2. The molecule has 4 N–H and O–H groups in total. The number of hydrogen-bond acceptors (Lipinski definition) is 4. The van der Waals surface area contributed by atoms with E-state index in [1.165, 1.54) is 0 Å². The van der Waals surface area contributed by atoms with Crippen molar-refractivity contribution in [3.63, 3.8) is 0 Å². The maximum atomic E-state index is 10.4. The Kier molecular flexibility index (Phi) is 1.75. The van der Waals surface area contributed by atoms with Crippen LogP contribution in [0.2, 0.25) is 0 Å². The zero-order chi connectivity index (χ0) is 8.43. The van der Waals surface area contributed by atoms with Crippen molar-refractivity contribution in [3.8, 4) is 0 Å². The summed E-state index contributed by atoms with van der Waals surface area (Å²) in [4.78, 5) is 25.4. The van der Waals surface area contributed by atoms with Crippen LogP contribution in [0.1, 0.15) is 6.42 Å². The van der Waals surface area contributed by atoms with Crippen molar-refractivity contribution in [2.24, 2.45) is 16.6 Å². The first kappa shape index (κ1) is 7.52. The van der Waals surface area contributed by atoms with Gasteiger partial charge in [0.05, 0.1) is 0 Å². The number of amides is 2. The maximum absolute atomic E-state index is 10.4. The lowest BCUT2D eigenvalue weighted by Gasteiger charge is -1.99. The largest absolute Gasteiger partial charge is 0.382 e. The van der Waals surface area contributed by atoms with Gasteiger partial charge in [-0.2, -0.15) is 0 Å². The van der Waals surface area contributed by atoms with Gasteiger partial charge in [-0.3, -0.25) is 9.59 Å². The van der Waals surface area contributed by atoms with Gasteiger partial charge in [-0.25, -0.2) is 0 Å². The van der Waals surface area contributed by atoms with Gasteiger partial charge in [-0.1, -0.05) is 5.16 Å². The van der Waals surface area contributed by atoms with E-state index >= 15 is 0 Å². The summed E-state index contributed by atoms with van der Waals surface area (Å²) in [5.74, 6) is -1.33. The molecule has 0 aromatic rings. The van der Waals surface area contributed by atoms with Gasteiger partial charge in [0.15, 0.2) is 0 Å². The summed E-state index contributed by atoms with van der Waals surface area (Å²) in [6.07, 6.45) is -0.762. The minimum atomic E-state index is -0.836. The Morgan fingerprint density at radius 1 is 1.55 bits per heavy atom. The molecule has 2 amide bonds. The zero-order valence-electron chi connectivity index (χ0n) is 5.61. The minimum Gasteiger partial charge on any atom is -0.382 e. The summed E-state index contributed by atoms with van der Waals surface area (Å²) in [5.41, 5.74) is 9.78. The molecule has 0 radical (unpaired) electrons. The molecule has 0 fully saturated rings. The highest BCUT2D eigenvalue weighted by atomic mass is 16.6. The highest BCUT2D eigenvalue weighted by molar-refractivity contribution is 6.39. The summed E-state index contributed by atoms with van der Waals surface area (Å²) in [5, 5.41) is 3.28. The molecule has 1 aliphatic heterocycles. The molecule has 0 aromatic carbocycles. The predicted octanol–water partition coefficient (Wildman–Crippen LogP) is -1.90. The number of carbonyl (C=O) groups excluding carboxylic acids is 2. The average Bonchev–Trinajstić information content (AvgIpc) is 2.33. The standard InChI is InChI=1S/C5H7N3O3/c6-4(9)2-1-3(5(7)10)11-8-2/h3H,1H2,(H2,6,9)(H2,7,10). The van der Waals surface area contributed by atoms with Crippen molar-refractivity contribution < 1.29 is 14.4 Å². The molecule has 0 bridgehead atoms. The molecular weight excluding hydrogens is 150 g/mol. The van der Waals surface area contributed by atoms with Gasteiger partial charge in [-0.15, -0.1) is 0 Å². The van der Waals surface area contributed by atoms with Gasteiger partial charge in [0, 0.05) is 6.42 Å². The number of rotatable bonds is 2. The first-order valence-corrected chi connectivity index (χ1v) is 2.93. The smallest absolute Gasteiger partial charge is 0.266 e. The monoisotopic (exact) mass is 157 g/mol. The van der Waals surface area contributed by atoms with Gasteiger partial charge < -0.3 is 16.3 Å². The molecule has 6 heteroatoms. The van der Waals surface area contributed by atoms with E-state index in [1.54, 1.807) is 0 Å². The SMILES string of the molecule is NC(=O)C1=NOC(C(N)=O)C1. The molecule has 60 valence electrons. The maximum Gasteiger partial charge on any atom is 0.266 e. The fraction of sp³-hybridized carbons (Fsp3) is 0.400. The fourth-order valence-electron chi connectivity index (χ4n) is 0.676. The van der Waals surface area contributed by atoms with E-state index in [9.17, 15) is 9.59 Å².